The lowest BCUT2D eigenvalue weighted by Gasteiger charge is -2.22. The number of aliphatic carboxylic acids is 1. The number of hydrogen-bond donors (Lipinski definition) is 1. The molecule has 0 radical (unpaired) electrons. The predicted octanol–water partition coefficient (Wildman–Crippen LogP) is 3.24. The fraction of sp³-hybridized carbons (Fsp3) is 0.211. The minimum atomic E-state index is -0.819. The van der Waals surface area contributed by atoms with Crippen LogP contribution in [0.3, 0.4) is 0 Å². The molecular formula is C19H17NO3. The number of fused-ring (bicyclic) bond motifs is 2. The minimum absolute atomic E-state index is 0.0261. The van der Waals surface area contributed by atoms with Crippen LogP contribution in [-0.2, 0) is 4.79 Å². The molecular weight excluding hydrogens is 290 g/mol. The van der Waals surface area contributed by atoms with Crippen molar-refractivity contribution >= 4 is 17.5 Å². The van der Waals surface area contributed by atoms with E-state index in [4.69, 9.17) is 5.11 Å². The number of carbonyl (C=O) groups is 2. The number of aliphatic imine (C=N–C) groups is 1. The van der Waals surface area contributed by atoms with Crippen LogP contribution in [0, 0.1) is 6.92 Å². The van der Waals surface area contributed by atoms with Crippen molar-refractivity contribution in [2.75, 3.05) is 6.54 Å². The summed E-state index contributed by atoms with van der Waals surface area (Å²) in [4.78, 5) is 28.0. The highest BCUT2D eigenvalue weighted by atomic mass is 16.4. The van der Waals surface area contributed by atoms with Gasteiger partial charge in [-0.1, -0.05) is 42.5 Å². The van der Waals surface area contributed by atoms with Crippen molar-refractivity contribution in [3.8, 4) is 0 Å². The van der Waals surface area contributed by atoms with E-state index in [2.05, 4.69) is 4.99 Å². The average Bonchev–Trinajstić information content (AvgIpc) is 2.53. The largest absolute Gasteiger partial charge is 0.481 e. The van der Waals surface area contributed by atoms with Crippen LogP contribution in [-0.4, -0.2) is 29.1 Å². The second kappa shape index (κ2) is 6.16. The number of rotatable bonds is 4. The van der Waals surface area contributed by atoms with E-state index in [0.29, 0.717) is 24.1 Å². The van der Waals surface area contributed by atoms with Gasteiger partial charge in [-0.25, -0.2) is 0 Å². The Kier molecular flexibility index (Phi) is 4.06. The first-order chi connectivity index (χ1) is 11.1. The topological polar surface area (TPSA) is 66.7 Å². The molecule has 0 fully saturated rings. The average molecular weight is 307 g/mol. The molecule has 23 heavy (non-hydrogen) atoms. The Bertz CT molecular complexity index is 821. The molecule has 1 N–H and O–H groups in total. The number of carboxylic acid groups (broad SMARTS) is 1. The monoisotopic (exact) mass is 307 g/mol. The van der Waals surface area contributed by atoms with E-state index in [-0.39, 0.29) is 12.2 Å². The SMILES string of the molecule is Cc1cccc2c1C(=O)c1ccccc1C2=NCCCC(=O)O. The fourth-order valence-corrected chi connectivity index (χ4v) is 2.93. The predicted molar refractivity (Wildman–Crippen MR) is 88.4 cm³/mol. The van der Waals surface area contributed by atoms with Crippen molar-refractivity contribution in [3.63, 3.8) is 0 Å². The summed E-state index contributed by atoms with van der Waals surface area (Å²) in [5, 5.41) is 8.74. The van der Waals surface area contributed by atoms with Crippen LogP contribution >= 0.6 is 0 Å². The van der Waals surface area contributed by atoms with E-state index in [0.717, 1.165) is 22.4 Å². The van der Waals surface area contributed by atoms with Crippen molar-refractivity contribution in [3.05, 3.63) is 70.3 Å². The molecule has 4 heteroatoms. The van der Waals surface area contributed by atoms with Crippen LogP contribution in [0.15, 0.2) is 47.5 Å². The highest BCUT2D eigenvalue weighted by molar-refractivity contribution is 6.30. The van der Waals surface area contributed by atoms with Gasteiger partial charge in [0.15, 0.2) is 5.78 Å². The van der Waals surface area contributed by atoms with Gasteiger partial charge >= 0.3 is 5.97 Å². The van der Waals surface area contributed by atoms with Crippen molar-refractivity contribution in [2.45, 2.75) is 19.8 Å². The molecule has 0 aromatic heterocycles. The van der Waals surface area contributed by atoms with Gasteiger partial charge in [0.2, 0.25) is 0 Å². The lowest BCUT2D eigenvalue weighted by atomic mass is 9.81. The molecule has 1 aliphatic carbocycles. The molecule has 2 aromatic carbocycles. The summed E-state index contributed by atoms with van der Waals surface area (Å²) in [5.74, 6) is -0.793. The van der Waals surface area contributed by atoms with Gasteiger partial charge in [0.25, 0.3) is 0 Å². The van der Waals surface area contributed by atoms with Gasteiger partial charge in [-0.05, 0) is 18.9 Å². The molecule has 0 bridgehead atoms. The molecule has 1 aliphatic rings. The summed E-state index contributed by atoms with van der Waals surface area (Å²) in [5.41, 5.74) is 4.73. The van der Waals surface area contributed by atoms with Gasteiger partial charge in [-0.15, -0.1) is 0 Å². The maximum Gasteiger partial charge on any atom is 0.303 e. The van der Waals surface area contributed by atoms with Crippen LogP contribution in [0.4, 0.5) is 0 Å². The van der Waals surface area contributed by atoms with Crippen LogP contribution in [0.1, 0.15) is 45.5 Å². The molecule has 116 valence electrons. The Morgan fingerprint density at radius 3 is 2.48 bits per heavy atom. The maximum atomic E-state index is 12.8. The number of carbonyl (C=O) groups excluding carboxylic acids is 1. The number of aryl methyl sites for hydroxylation is 1. The quantitative estimate of drug-likeness (QED) is 0.752. The molecule has 0 atom stereocenters. The van der Waals surface area contributed by atoms with Crippen molar-refractivity contribution < 1.29 is 14.7 Å². The first kappa shape index (κ1) is 15.2. The summed E-state index contributed by atoms with van der Waals surface area (Å²) in [6, 6.07) is 13.2. The first-order valence-electron chi connectivity index (χ1n) is 7.60. The molecule has 0 spiro atoms. The van der Waals surface area contributed by atoms with Crippen LogP contribution in [0.25, 0.3) is 0 Å². The second-order valence-electron chi connectivity index (χ2n) is 5.60. The highest BCUT2D eigenvalue weighted by Gasteiger charge is 2.28. The van der Waals surface area contributed by atoms with E-state index in [1.54, 1.807) is 0 Å². The molecule has 4 nitrogen and oxygen atoms in total. The molecule has 0 saturated heterocycles. The maximum absolute atomic E-state index is 12.8. The molecule has 0 heterocycles. The van der Waals surface area contributed by atoms with E-state index in [9.17, 15) is 9.59 Å². The van der Waals surface area contributed by atoms with Gasteiger partial charge in [-0.2, -0.15) is 0 Å². The standard InChI is InChI=1S/C19H17NO3/c1-12-6-4-9-15-17(12)19(23)14-8-3-2-7-13(14)18(15)20-11-5-10-16(21)22/h2-4,6-9H,5,10-11H2,1H3,(H,21,22). The second-order valence-corrected chi connectivity index (χ2v) is 5.60. The fourth-order valence-electron chi connectivity index (χ4n) is 2.93. The van der Waals surface area contributed by atoms with E-state index in [1.165, 1.54) is 0 Å². The summed E-state index contributed by atoms with van der Waals surface area (Å²) < 4.78 is 0. The Hall–Kier alpha value is -2.75. The van der Waals surface area contributed by atoms with E-state index in [1.807, 2.05) is 49.4 Å². The molecule has 0 aliphatic heterocycles. The third kappa shape index (κ3) is 2.80. The van der Waals surface area contributed by atoms with Crippen molar-refractivity contribution in [1.29, 1.82) is 0 Å². The van der Waals surface area contributed by atoms with Crippen molar-refractivity contribution in [1.82, 2.24) is 0 Å². The number of benzene rings is 2. The Morgan fingerprint density at radius 2 is 1.74 bits per heavy atom. The number of nitrogens with zero attached hydrogens (tertiary/aromatic N) is 1. The summed E-state index contributed by atoms with van der Waals surface area (Å²) >= 11 is 0. The Morgan fingerprint density at radius 1 is 1.04 bits per heavy atom. The molecule has 2 aromatic rings. The summed E-state index contributed by atoms with van der Waals surface area (Å²) in [7, 11) is 0. The third-order valence-electron chi connectivity index (χ3n) is 4.00. The minimum Gasteiger partial charge on any atom is -0.481 e. The number of hydrogen-bond acceptors (Lipinski definition) is 3. The van der Waals surface area contributed by atoms with E-state index >= 15 is 0 Å². The van der Waals surface area contributed by atoms with Gasteiger partial charge in [0, 0.05) is 35.2 Å². The summed E-state index contributed by atoms with van der Waals surface area (Å²) in [6.07, 6.45) is 0.578. The molecule has 3 rings (SSSR count). The molecule has 0 unspecified atom stereocenters. The third-order valence-corrected chi connectivity index (χ3v) is 4.00. The van der Waals surface area contributed by atoms with Gasteiger partial charge in [0.1, 0.15) is 0 Å². The highest BCUT2D eigenvalue weighted by Crippen LogP contribution is 2.29. The van der Waals surface area contributed by atoms with Gasteiger partial charge in [-0.3, -0.25) is 14.6 Å². The normalized spacial score (nSPS) is 14.5. The van der Waals surface area contributed by atoms with Crippen LogP contribution in [0.5, 0.6) is 0 Å². The first-order valence-corrected chi connectivity index (χ1v) is 7.60. The lowest BCUT2D eigenvalue weighted by Crippen LogP contribution is -2.23. The van der Waals surface area contributed by atoms with E-state index < -0.39 is 5.97 Å². The van der Waals surface area contributed by atoms with Crippen LogP contribution in [0.2, 0.25) is 0 Å². The number of ketones is 1. The molecule has 0 saturated carbocycles. The summed E-state index contributed by atoms with van der Waals surface area (Å²) in [6.45, 7) is 2.35. The zero-order chi connectivity index (χ0) is 16.4. The zero-order valence-electron chi connectivity index (χ0n) is 12.9. The number of carboxylic acids is 1. The Balaban J connectivity index is 2.07. The zero-order valence-corrected chi connectivity index (χ0v) is 12.9. The van der Waals surface area contributed by atoms with Gasteiger partial charge in [0.05, 0.1) is 5.71 Å². The lowest BCUT2D eigenvalue weighted by molar-refractivity contribution is -0.137. The Labute approximate surface area is 134 Å². The smallest absolute Gasteiger partial charge is 0.303 e. The van der Waals surface area contributed by atoms with Gasteiger partial charge < -0.3 is 5.11 Å². The van der Waals surface area contributed by atoms with Crippen LogP contribution < -0.4 is 0 Å². The van der Waals surface area contributed by atoms with Crippen molar-refractivity contribution in [2.24, 2.45) is 4.99 Å². The molecule has 0 amide bonds.